The van der Waals surface area contributed by atoms with Crippen molar-refractivity contribution in [2.24, 2.45) is 0 Å². The van der Waals surface area contributed by atoms with Gasteiger partial charge in [-0.2, -0.15) is 0 Å². The maximum Gasteiger partial charge on any atom is 0.267 e. The van der Waals surface area contributed by atoms with Crippen molar-refractivity contribution in [2.45, 2.75) is 32.6 Å². The molecule has 0 fully saturated rings. The Bertz CT molecular complexity index is 1410. The van der Waals surface area contributed by atoms with Crippen LogP contribution in [0.5, 0.6) is 11.5 Å². The molecule has 13 heteroatoms. The number of rotatable bonds is 6. The first-order chi connectivity index (χ1) is 15.5. The van der Waals surface area contributed by atoms with Gasteiger partial charge in [0.1, 0.15) is 20.5 Å². The van der Waals surface area contributed by atoms with Crippen LogP contribution in [0.4, 0.5) is 11.6 Å². The van der Waals surface area contributed by atoms with Crippen LogP contribution in [0.25, 0.3) is 0 Å². The van der Waals surface area contributed by atoms with Crippen LogP contribution < -0.4 is 19.5 Å². The Morgan fingerprint density at radius 1 is 1.21 bits per heavy atom. The fourth-order valence-electron chi connectivity index (χ4n) is 3.34. The maximum atomic E-state index is 13.2. The summed E-state index contributed by atoms with van der Waals surface area (Å²) in [6, 6.07) is 1.49. The van der Waals surface area contributed by atoms with Crippen LogP contribution in [0.15, 0.2) is 20.9 Å². The van der Waals surface area contributed by atoms with Gasteiger partial charge >= 0.3 is 0 Å². The van der Waals surface area contributed by atoms with Crippen molar-refractivity contribution in [1.82, 2.24) is 5.16 Å². The Hall–Kier alpha value is -3.09. The molecule has 1 amide bonds. The summed E-state index contributed by atoms with van der Waals surface area (Å²) in [5.74, 6) is -0.467. The van der Waals surface area contributed by atoms with Gasteiger partial charge < -0.3 is 19.3 Å². The van der Waals surface area contributed by atoms with Gasteiger partial charge in [0.15, 0.2) is 17.3 Å². The molecule has 0 saturated carbocycles. The van der Waals surface area contributed by atoms with Crippen molar-refractivity contribution in [3.8, 4) is 11.5 Å². The van der Waals surface area contributed by atoms with Crippen LogP contribution >= 0.6 is 22.9 Å². The number of ketones is 1. The second-order valence-corrected chi connectivity index (χ2v) is 10.1. The lowest BCUT2D eigenvalue weighted by molar-refractivity contribution is 0.101. The number of thiophene rings is 1. The minimum absolute atomic E-state index is 0.00717. The molecule has 0 radical (unpaired) electrons. The van der Waals surface area contributed by atoms with Crippen LogP contribution in [-0.4, -0.2) is 32.1 Å². The van der Waals surface area contributed by atoms with Crippen LogP contribution in [0.1, 0.15) is 43.8 Å². The number of nitrogens with one attached hydrogen (secondary N) is 2. The highest BCUT2D eigenvalue weighted by molar-refractivity contribution is 7.93. The van der Waals surface area contributed by atoms with E-state index in [1.54, 1.807) is 20.8 Å². The lowest BCUT2D eigenvalue weighted by Gasteiger charge is -2.15. The molecule has 174 valence electrons. The van der Waals surface area contributed by atoms with E-state index in [1.165, 1.54) is 18.4 Å². The van der Waals surface area contributed by atoms with Crippen molar-refractivity contribution in [1.29, 1.82) is 0 Å². The van der Waals surface area contributed by atoms with Crippen molar-refractivity contribution in [2.75, 3.05) is 16.8 Å². The Labute approximate surface area is 197 Å². The van der Waals surface area contributed by atoms with Gasteiger partial charge in [-0.05, 0) is 44.7 Å². The Morgan fingerprint density at radius 3 is 2.58 bits per heavy atom. The average Bonchev–Trinajstić information content (AvgIpc) is 3.45. The van der Waals surface area contributed by atoms with Crippen LogP contribution in [-0.2, 0) is 10.0 Å². The normalized spacial score (nSPS) is 12.6. The fourth-order valence-corrected chi connectivity index (χ4v) is 6.20. The van der Waals surface area contributed by atoms with E-state index in [9.17, 15) is 18.0 Å². The van der Waals surface area contributed by atoms with Gasteiger partial charge in [-0.25, -0.2) is 13.1 Å². The number of aryl methyl sites for hydroxylation is 2. The summed E-state index contributed by atoms with van der Waals surface area (Å²) in [6.07, 6.45) is 0. The molecule has 0 bridgehead atoms. The molecule has 1 aliphatic rings. The Kier molecular flexibility index (Phi) is 5.85. The molecule has 0 saturated heterocycles. The monoisotopic (exact) mass is 511 g/mol. The van der Waals surface area contributed by atoms with E-state index in [0.29, 0.717) is 28.3 Å². The van der Waals surface area contributed by atoms with E-state index in [2.05, 4.69) is 15.2 Å². The van der Waals surface area contributed by atoms with Gasteiger partial charge in [-0.3, -0.25) is 9.59 Å². The molecule has 0 aliphatic carbocycles. The lowest BCUT2D eigenvalue weighted by atomic mass is 10.0. The smallest absolute Gasteiger partial charge is 0.267 e. The van der Waals surface area contributed by atoms with Gasteiger partial charge in [0.05, 0.1) is 5.69 Å². The molecular formula is C20H18ClN3O7S2. The summed E-state index contributed by atoms with van der Waals surface area (Å²) in [6.45, 7) is 6.13. The number of ether oxygens (including phenoxy) is 2. The van der Waals surface area contributed by atoms with Gasteiger partial charge in [0.2, 0.25) is 6.79 Å². The predicted molar refractivity (Wildman–Crippen MR) is 121 cm³/mol. The first-order valence-corrected chi connectivity index (χ1v) is 12.2. The molecule has 2 aromatic heterocycles. The highest BCUT2D eigenvalue weighted by Crippen LogP contribution is 2.42. The number of carbonyl (C=O) groups excluding carboxylic acids is 2. The number of hydrogen-bond donors (Lipinski definition) is 2. The SMILES string of the molecule is CC(=O)c1cc2c(c(C)c1NC(=O)c1scc(C)c1S(=O)(=O)Nc1onc(C)c1Cl)OCO2. The number of Topliss-reactive ketones (excluding diaryl/α,β-unsaturated/α-hetero) is 1. The summed E-state index contributed by atoms with van der Waals surface area (Å²) in [4.78, 5) is 25.1. The zero-order valence-electron chi connectivity index (χ0n) is 17.9. The van der Waals surface area contributed by atoms with Gasteiger partial charge in [0, 0.05) is 11.1 Å². The number of carbonyl (C=O) groups is 2. The zero-order chi connectivity index (χ0) is 24.1. The third kappa shape index (κ3) is 4.05. The highest BCUT2D eigenvalue weighted by Gasteiger charge is 2.31. The number of fused-ring (bicyclic) bond motifs is 1. The molecule has 0 unspecified atom stereocenters. The third-order valence-corrected chi connectivity index (χ3v) is 8.12. The van der Waals surface area contributed by atoms with Crippen LogP contribution in [0, 0.1) is 20.8 Å². The molecule has 0 spiro atoms. The summed E-state index contributed by atoms with van der Waals surface area (Å²) in [5.41, 5.74) is 1.57. The number of benzene rings is 1. The number of amides is 1. The number of halogens is 1. The second-order valence-electron chi connectivity index (χ2n) is 7.26. The molecule has 0 atom stereocenters. The first-order valence-electron chi connectivity index (χ1n) is 9.49. The fraction of sp³-hybridized carbons (Fsp3) is 0.250. The summed E-state index contributed by atoms with van der Waals surface area (Å²) < 4.78 is 44.1. The quantitative estimate of drug-likeness (QED) is 0.467. The molecule has 3 heterocycles. The Balaban J connectivity index is 1.72. The standard InChI is InChI=1S/C20H18ClN3O7S2/c1-8-6-32-17(18(8)33(27,28)24-20-14(21)10(3)23-31-20)19(26)22-15-9(2)16-13(29-7-30-16)5-12(15)11(4)25/h5-6,24H,7H2,1-4H3,(H,22,26). The number of sulfonamides is 1. The van der Waals surface area contributed by atoms with Crippen molar-refractivity contribution < 1.29 is 32.0 Å². The second kappa shape index (κ2) is 8.36. The number of hydrogen-bond acceptors (Lipinski definition) is 9. The van der Waals surface area contributed by atoms with Crippen molar-refractivity contribution >= 4 is 56.2 Å². The lowest BCUT2D eigenvalue weighted by Crippen LogP contribution is -2.20. The van der Waals surface area contributed by atoms with Gasteiger partial charge in [0.25, 0.3) is 21.8 Å². The minimum Gasteiger partial charge on any atom is -0.454 e. The number of aromatic nitrogens is 1. The third-order valence-electron chi connectivity index (χ3n) is 4.93. The van der Waals surface area contributed by atoms with E-state index < -0.39 is 15.9 Å². The maximum absolute atomic E-state index is 13.2. The average molecular weight is 512 g/mol. The van der Waals surface area contributed by atoms with E-state index >= 15 is 0 Å². The molecule has 1 aliphatic heterocycles. The van der Waals surface area contributed by atoms with E-state index in [4.69, 9.17) is 25.6 Å². The minimum atomic E-state index is -4.25. The van der Waals surface area contributed by atoms with Crippen LogP contribution in [0.2, 0.25) is 5.02 Å². The van der Waals surface area contributed by atoms with Gasteiger partial charge in [-0.1, -0.05) is 16.8 Å². The summed E-state index contributed by atoms with van der Waals surface area (Å²) >= 11 is 6.97. The highest BCUT2D eigenvalue weighted by atomic mass is 35.5. The van der Waals surface area contributed by atoms with E-state index in [-0.39, 0.29) is 44.5 Å². The number of anilines is 2. The summed E-state index contributed by atoms with van der Waals surface area (Å²) in [5, 5.41) is 7.84. The molecule has 33 heavy (non-hydrogen) atoms. The van der Waals surface area contributed by atoms with Crippen LogP contribution in [0.3, 0.4) is 0 Å². The van der Waals surface area contributed by atoms with E-state index in [0.717, 1.165) is 11.3 Å². The van der Waals surface area contributed by atoms with Crippen molar-refractivity contribution in [3.63, 3.8) is 0 Å². The first kappa shape index (κ1) is 23.1. The van der Waals surface area contributed by atoms with Crippen molar-refractivity contribution in [3.05, 3.63) is 43.7 Å². The van der Waals surface area contributed by atoms with E-state index in [1.807, 2.05) is 0 Å². The molecule has 3 aromatic rings. The zero-order valence-corrected chi connectivity index (χ0v) is 20.3. The predicted octanol–water partition coefficient (Wildman–Crippen LogP) is 4.30. The number of nitrogens with zero attached hydrogens (tertiary/aromatic N) is 1. The molecule has 2 N–H and O–H groups in total. The molecule has 1 aromatic carbocycles. The topological polar surface area (TPSA) is 137 Å². The van der Waals surface area contributed by atoms with Gasteiger partial charge in [-0.15, -0.1) is 11.3 Å². The molecule has 4 rings (SSSR count). The molecular weight excluding hydrogens is 494 g/mol. The largest absolute Gasteiger partial charge is 0.454 e. The Morgan fingerprint density at radius 2 is 1.94 bits per heavy atom. The molecule has 10 nitrogen and oxygen atoms in total. The summed E-state index contributed by atoms with van der Waals surface area (Å²) in [7, 11) is -4.25.